The third-order valence-electron chi connectivity index (χ3n) is 2.14. The molecule has 1 aliphatic heterocycles. The zero-order valence-electron chi connectivity index (χ0n) is 6.98. The fourth-order valence-electron chi connectivity index (χ4n) is 1.31. The molecular formula is C8H14INO. The van der Waals surface area contributed by atoms with E-state index in [2.05, 4.69) is 41.8 Å². The van der Waals surface area contributed by atoms with E-state index in [9.17, 15) is 4.79 Å². The van der Waals surface area contributed by atoms with Gasteiger partial charge in [-0.25, -0.2) is 0 Å². The van der Waals surface area contributed by atoms with Crippen molar-refractivity contribution in [3.63, 3.8) is 0 Å². The molecule has 3 heteroatoms. The van der Waals surface area contributed by atoms with Gasteiger partial charge in [0.2, 0.25) is 5.91 Å². The van der Waals surface area contributed by atoms with Crippen LogP contribution in [0.3, 0.4) is 0 Å². The van der Waals surface area contributed by atoms with E-state index in [1.54, 1.807) is 0 Å². The summed E-state index contributed by atoms with van der Waals surface area (Å²) >= 11 is 2.27. The second-order valence-electron chi connectivity index (χ2n) is 3.76. The van der Waals surface area contributed by atoms with Gasteiger partial charge in [-0.1, -0.05) is 22.6 Å². The van der Waals surface area contributed by atoms with E-state index in [-0.39, 0.29) is 17.4 Å². The maximum atomic E-state index is 11.3. The zero-order valence-corrected chi connectivity index (χ0v) is 9.14. The predicted molar refractivity (Wildman–Crippen MR) is 53.8 cm³/mol. The minimum atomic E-state index is 0.0272. The monoisotopic (exact) mass is 267 g/mol. The molecule has 2 nitrogen and oxygen atoms in total. The van der Waals surface area contributed by atoms with Crippen LogP contribution in [0.25, 0.3) is 0 Å². The van der Waals surface area contributed by atoms with Gasteiger partial charge in [0.15, 0.2) is 0 Å². The number of rotatable bonds is 1. The molecule has 0 aromatic rings. The first kappa shape index (κ1) is 9.29. The van der Waals surface area contributed by atoms with Crippen LogP contribution >= 0.6 is 22.6 Å². The van der Waals surface area contributed by atoms with E-state index in [1.807, 2.05) is 0 Å². The summed E-state index contributed by atoms with van der Waals surface area (Å²) < 4.78 is 0.944. The van der Waals surface area contributed by atoms with Crippen molar-refractivity contribution in [2.45, 2.75) is 32.2 Å². The predicted octanol–water partition coefficient (Wildman–Crippen LogP) is 1.73. The molecule has 1 heterocycles. The van der Waals surface area contributed by atoms with Crippen molar-refractivity contribution in [1.82, 2.24) is 5.32 Å². The Morgan fingerprint density at radius 3 is 2.82 bits per heavy atom. The van der Waals surface area contributed by atoms with E-state index in [0.29, 0.717) is 0 Å². The molecule has 1 aliphatic rings. The lowest BCUT2D eigenvalue weighted by Crippen LogP contribution is -2.51. The summed E-state index contributed by atoms with van der Waals surface area (Å²) in [5.41, 5.74) is 0.0272. The molecule has 64 valence electrons. The summed E-state index contributed by atoms with van der Waals surface area (Å²) in [5.74, 6) is 0.485. The number of carbonyl (C=O) groups is 1. The van der Waals surface area contributed by atoms with Crippen LogP contribution < -0.4 is 5.32 Å². The second-order valence-corrected chi connectivity index (χ2v) is 4.64. The van der Waals surface area contributed by atoms with Crippen molar-refractivity contribution in [3.05, 3.63) is 0 Å². The average Bonchev–Trinajstić information content (AvgIpc) is 1.86. The third kappa shape index (κ3) is 2.32. The summed E-state index contributed by atoms with van der Waals surface area (Å²) in [7, 11) is 0. The second kappa shape index (κ2) is 3.29. The smallest absolute Gasteiger partial charge is 0.224 e. The summed E-state index contributed by atoms with van der Waals surface area (Å²) in [6.07, 6.45) is 2.15. The van der Waals surface area contributed by atoms with Gasteiger partial charge in [-0.3, -0.25) is 4.79 Å². The van der Waals surface area contributed by atoms with Gasteiger partial charge in [0.05, 0.1) is 0 Å². The first-order valence-corrected chi connectivity index (χ1v) is 5.46. The van der Waals surface area contributed by atoms with Crippen LogP contribution in [0.15, 0.2) is 0 Å². The summed E-state index contributed by atoms with van der Waals surface area (Å²) in [6.45, 7) is 4.16. The fourth-order valence-corrected chi connectivity index (χ4v) is 2.15. The number of nitrogens with one attached hydrogen (secondary N) is 1. The minimum Gasteiger partial charge on any atom is -0.351 e. The summed E-state index contributed by atoms with van der Waals surface area (Å²) in [6, 6.07) is 0. The first-order chi connectivity index (χ1) is 5.05. The van der Waals surface area contributed by atoms with Crippen molar-refractivity contribution in [1.29, 1.82) is 0 Å². The highest BCUT2D eigenvalue weighted by Crippen LogP contribution is 2.23. The number of hydrogen-bond donors (Lipinski definition) is 1. The van der Waals surface area contributed by atoms with E-state index in [1.165, 1.54) is 0 Å². The Morgan fingerprint density at radius 2 is 2.36 bits per heavy atom. The number of hydrogen-bond acceptors (Lipinski definition) is 1. The number of piperidine rings is 1. The van der Waals surface area contributed by atoms with Gasteiger partial charge in [-0.2, -0.15) is 0 Å². The Hall–Kier alpha value is 0.200. The molecule has 0 unspecified atom stereocenters. The van der Waals surface area contributed by atoms with Crippen LogP contribution in [-0.2, 0) is 4.79 Å². The molecule has 0 aromatic heterocycles. The maximum Gasteiger partial charge on any atom is 0.224 e. The fraction of sp³-hybridized carbons (Fsp3) is 0.875. The van der Waals surface area contributed by atoms with Crippen LogP contribution in [0.4, 0.5) is 0 Å². The van der Waals surface area contributed by atoms with E-state index < -0.39 is 0 Å². The van der Waals surface area contributed by atoms with Crippen LogP contribution in [0.1, 0.15) is 26.7 Å². The molecule has 0 spiro atoms. The number of amides is 1. The van der Waals surface area contributed by atoms with Crippen molar-refractivity contribution in [2.24, 2.45) is 5.92 Å². The summed E-state index contributed by atoms with van der Waals surface area (Å²) in [4.78, 5) is 11.3. The SMILES string of the molecule is CC1(C)CC[C@@H](CI)C(=O)N1. The Kier molecular flexibility index (Phi) is 2.78. The lowest BCUT2D eigenvalue weighted by atomic mass is 9.87. The topological polar surface area (TPSA) is 29.1 Å². The van der Waals surface area contributed by atoms with Crippen molar-refractivity contribution >= 4 is 28.5 Å². The molecule has 0 aromatic carbocycles. The molecule has 0 bridgehead atoms. The Balaban J connectivity index is 2.55. The molecule has 1 saturated heterocycles. The molecule has 1 N–H and O–H groups in total. The van der Waals surface area contributed by atoms with E-state index in [0.717, 1.165) is 17.3 Å². The standard InChI is InChI=1S/C8H14INO/c1-8(2)4-3-6(5-9)7(11)10-8/h6H,3-5H2,1-2H3,(H,10,11)/t6-/m0/s1. The normalized spacial score (nSPS) is 29.7. The summed E-state index contributed by atoms with van der Waals surface area (Å²) in [5, 5.41) is 3.01. The molecule has 0 radical (unpaired) electrons. The van der Waals surface area contributed by atoms with Crippen LogP contribution in [0, 0.1) is 5.92 Å². The highest BCUT2D eigenvalue weighted by atomic mass is 127. The van der Waals surface area contributed by atoms with E-state index >= 15 is 0 Å². The van der Waals surface area contributed by atoms with Crippen LogP contribution in [-0.4, -0.2) is 15.9 Å². The maximum absolute atomic E-state index is 11.3. The van der Waals surface area contributed by atoms with E-state index in [4.69, 9.17) is 0 Å². The van der Waals surface area contributed by atoms with Crippen molar-refractivity contribution < 1.29 is 4.79 Å². The Morgan fingerprint density at radius 1 is 1.73 bits per heavy atom. The van der Waals surface area contributed by atoms with Gasteiger partial charge in [-0.05, 0) is 26.7 Å². The van der Waals surface area contributed by atoms with Gasteiger partial charge in [-0.15, -0.1) is 0 Å². The lowest BCUT2D eigenvalue weighted by Gasteiger charge is -2.34. The number of halogens is 1. The minimum absolute atomic E-state index is 0.0272. The molecule has 0 saturated carbocycles. The van der Waals surface area contributed by atoms with Gasteiger partial charge < -0.3 is 5.32 Å². The number of carbonyl (C=O) groups excluding carboxylic acids is 1. The molecule has 1 rings (SSSR count). The van der Waals surface area contributed by atoms with Gasteiger partial charge in [0.25, 0.3) is 0 Å². The van der Waals surface area contributed by atoms with Gasteiger partial charge in [0, 0.05) is 15.9 Å². The van der Waals surface area contributed by atoms with Gasteiger partial charge in [0.1, 0.15) is 0 Å². The number of alkyl halides is 1. The van der Waals surface area contributed by atoms with Gasteiger partial charge >= 0.3 is 0 Å². The first-order valence-electron chi connectivity index (χ1n) is 3.93. The third-order valence-corrected chi connectivity index (χ3v) is 3.20. The molecule has 11 heavy (non-hydrogen) atoms. The van der Waals surface area contributed by atoms with Crippen molar-refractivity contribution in [3.8, 4) is 0 Å². The van der Waals surface area contributed by atoms with Crippen LogP contribution in [0.2, 0.25) is 0 Å². The average molecular weight is 267 g/mol. The Labute approximate surface area is 81.3 Å². The lowest BCUT2D eigenvalue weighted by molar-refractivity contribution is -0.128. The molecule has 1 atom stereocenters. The molecule has 0 aliphatic carbocycles. The molecule has 1 fully saturated rings. The molecule has 1 amide bonds. The van der Waals surface area contributed by atoms with Crippen molar-refractivity contribution in [2.75, 3.05) is 4.43 Å². The van der Waals surface area contributed by atoms with Crippen LogP contribution in [0.5, 0.6) is 0 Å². The largest absolute Gasteiger partial charge is 0.351 e. The quantitative estimate of drug-likeness (QED) is 0.569. The highest BCUT2D eigenvalue weighted by Gasteiger charge is 2.31. The Bertz CT molecular complexity index is 167. The highest BCUT2D eigenvalue weighted by molar-refractivity contribution is 14.1. The molecular weight excluding hydrogens is 253 g/mol. The zero-order chi connectivity index (χ0) is 8.48.